The molecular formula is C19H18BrNO4. The molecule has 0 saturated heterocycles. The van der Waals surface area contributed by atoms with Gasteiger partial charge in [0.05, 0.1) is 0 Å². The summed E-state index contributed by atoms with van der Waals surface area (Å²) in [7, 11) is 0. The van der Waals surface area contributed by atoms with Crippen LogP contribution in [0.5, 0.6) is 5.75 Å². The van der Waals surface area contributed by atoms with Crippen LogP contribution < -0.4 is 10.1 Å². The summed E-state index contributed by atoms with van der Waals surface area (Å²) < 4.78 is 6.68. The largest absolute Gasteiger partial charge is 0.488 e. The summed E-state index contributed by atoms with van der Waals surface area (Å²) in [5.74, 6) is -0.942. The average Bonchev–Trinajstić information content (AvgIpc) is 2.60. The first-order valence-corrected chi connectivity index (χ1v) is 8.42. The molecule has 130 valence electrons. The normalized spacial score (nSPS) is 11.9. The molecular weight excluding hydrogens is 386 g/mol. The third-order valence-electron chi connectivity index (χ3n) is 3.35. The summed E-state index contributed by atoms with van der Waals surface area (Å²) >= 11 is 3.39. The van der Waals surface area contributed by atoms with Crippen molar-refractivity contribution in [3.63, 3.8) is 0 Å². The van der Waals surface area contributed by atoms with Gasteiger partial charge in [-0.25, -0.2) is 0 Å². The molecule has 0 aliphatic carbocycles. The van der Waals surface area contributed by atoms with E-state index in [4.69, 9.17) is 9.84 Å². The molecule has 0 saturated carbocycles. The van der Waals surface area contributed by atoms with Gasteiger partial charge in [0.1, 0.15) is 18.4 Å². The summed E-state index contributed by atoms with van der Waals surface area (Å²) in [6.07, 6.45) is 2.88. The van der Waals surface area contributed by atoms with Gasteiger partial charge in [-0.15, -0.1) is 0 Å². The summed E-state index contributed by atoms with van der Waals surface area (Å²) in [6.45, 7) is 1.81. The third-order valence-corrected chi connectivity index (χ3v) is 3.85. The molecule has 0 aromatic heterocycles. The van der Waals surface area contributed by atoms with Crippen molar-refractivity contribution in [2.75, 3.05) is 0 Å². The molecule has 0 bridgehead atoms. The summed E-state index contributed by atoms with van der Waals surface area (Å²) in [6, 6.07) is 14.3. The van der Waals surface area contributed by atoms with E-state index in [2.05, 4.69) is 21.2 Å². The molecule has 0 radical (unpaired) electrons. The Morgan fingerprint density at radius 1 is 1.24 bits per heavy atom. The molecule has 1 atom stereocenters. The van der Waals surface area contributed by atoms with Crippen molar-refractivity contribution in [3.8, 4) is 5.75 Å². The van der Waals surface area contributed by atoms with Gasteiger partial charge in [-0.05, 0) is 36.8 Å². The molecule has 2 aromatic rings. The highest BCUT2D eigenvalue weighted by atomic mass is 79.9. The van der Waals surface area contributed by atoms with Gasteiger partial charge in [-0.1, -0.05) is 46.3 Å². The van der Waals surface area contributed by atoms with E-state index in [1.165, 1.54) is 13.0 Å². The lowest BCUT2D eigenvalue weighted by Crippen LogP contribution is -2.37. The highest BCUT2D eigenvalue weighted by Gasteiger charge is 2.12. The van der Waals surface area contributed by atoms with Crippen LogP contribution >= 0.6 is 15.9 Å². The molecule has 1 amide bonds. The Morgan fingerprint density at radius 2 is 1.96 bits per heavy atom. The van der Waals surface area contributed by atoms with Crippen molar-refractivity contribution < 1.29 is 19.4 Å². The molecule has 0 aliphatic heterocycles. The van der Waals surface area contributed by atoms with E-state index >= 15 is 0 Å². The van der Waals surface area contributed by atoms with Crippen LogP contribution in [0.1, 0.15) is 18.1 Å². The Kier molecular flexibility index (Phi) is 6.77. The average molecular weight is 404 g/mol. The smallest absolute Gasteiger partial charge is 0.325 e. The second-order valence-electron chi connectivity index (χ2n) is 5.36. The van der Waals surface area contributed by atoms with Crippen LogP contribution in [0.2, 0.25) is 0 Å². The minimum atomic E-state index is -1.09. The lowest BCUT2D eigenvalue weighted by atomic mass is 10.1. The Morgan fingerprint density at radius 3 is 2.64 bits per heavy atom. The molecule has 0 heterocycles. The molecule has 0 unspecified atom stereocenters. The predicted molar refractivity (Wildman–Crippen MR) is 99.2 cm³/mol. The van der Waals surface area contributed by atoms with Crippen molar-refractivity contribution in [2.24, 2.45) is 0 Å². The fourth-order valence-electron chi connectivity index (χ4n) is 2.01. The molecule has 0 spiro atoms. The number of carboxylic acid groups (broad SMARTS) is 1. The van der Waals surface area contributed by atoms with Crippen LogP contribution in [0, 0.1) is 0 Å². The van der Waals surface area contributed by atoms with Crippen LogP contribution in [-0.4, -0.2) is 23.0 Å². The minimum absolute atomic E-state index is 0.408. The molecule has 0 fully saturated rings. The Balaban J connectivity index is 2.08. The van der Waals surface area contributed by atoms with Crippen molar-refractivity contribution in [3.05, 3.63) is 70.2 Å². The minimum Gasteiger partial charge on any atom is -0.488 e. The van der Waals surface area contributed by atoms with Crippen molar-refractivity contribution in [1.82, 2.24) is 5.32 Å². The highest BCUT2D eigenvalue weighted by Crippen LogP contribution is 2.25. The van der Waals surface area contributed by atoms with Gasteiger partial charge in [0, 0.05) is 16.1 Å². The lowest BCUT2D eigenvalue weighted by Gasteiger charge is -2.10. The van der Waals surface area contributed by atoms with Gasteiger partial charge in [0.15, 0.2) is 0 Å². The number of ether oxygens (including phenoxy) is 1. The van der Waals surface area contributed by atoms with Gasteiger partial charge in [-0.3, -0.25) is 9.59 Å². The standard InChI is InChI=1S/C19H18BrNO4/c1-13(19(23)24)21-18(22)10-7-15-11-16(20)8-9-17(15)25-12-14-5-3-2-4-6-14/h2-11,13H,12H2,1H3,(H,21,22)(H,23,24)/b10-7+/t13-/m1/s1. The van der Waals surface area contributed by atoms with Crippen molar-refractivity contribution >= 4 is 33.9 Å². The Labute approximate surface area is 154 Å². The quantitative estimate of drug-likeness (QED) is 0.692. The molecule has 2 rings (SSSR count). The number of benzene rings is 2. The van der Waals surface area contributed by atoms with Gasteiger partial charge in [0.25, 0.3) is 0 Å². The fraction of sp³-hybridized carbons (Fsp3) is 0.158. The molecule has 25 heavy (non-hydrogen) atoms. The van der Waals surface area contributed by atoms with Crippen LogP contribution in [0.25, 0.3) is 6.08 Å². The Hall–Kier alpha value is -2.60. The summed E-state index contributed by atoms with van der Waals surface area (Å²) in [5.41, 5.74) is 1.75. The van der Waals surface area contributed by atoms with E-state index in [0.717, 1.165) is 10.0 Å². The maximum Gasteiger partial charge on any atom is 0.325 e. The number of amides is 1. The summed E-state index contributed by atoms with van der Waals surface area (Å²) in [4.78, 5) is 22.6. The van der Waals surface area contributed by atoms with Crippen LogP contribution in [0.15, 0.2) is 59.1 Å². The zero-order valence-corrected chi connectivity index (χ0v) is 15.2. The first-order chi connectivity index (χ1) is 12.0. The topological polar surface area (TPSA) is 75.6 Å². The predicted octanol–water partition coefficient (Wildman–Crippen LogP) is 3.63. The third kappa shape index (κ3) is 6.08. The van der Waals surface area contributed by atoms with E-state index in [0.29, 0.717) is 17.9 Å². The van der Waals surface area contributed by atoms with Gasteiger partial charge >= 0.3 is 5.97 Å². The molecule has 6 heteroatoms. The Bertz CT molecular complexity index is 774. The number of hydrogen-bond donors (Lipinski definition) is 2. The molecule has 2 aromatic carbocycles. The number of carbonyl (C=O) groups excluding carboxylic acids is 1. The van der Waals surface area contributed by atoms with Crippen molar-refractivity contribution in [2.45, 2.75) is 19.6 Å². The highest BCUT2D eigenvalue weighted by molar-refractivity contribution is 9.10. The maximum absolute atomic E-state index is 11.8. The van der Waals surface area contributed by atoms with Gasteiger partial charge < -0.3 is 15.2 Å². The number of carbonyl (C=O) groups is 2. The summed E-state index contributed by atoms with van der Waals surface area (Å²) in [5, 5.41) is 11.2. The monoisotopic (exact) mass is 403 g/mol. The SMILES string of the molecule is C[C@@H](NC(=O)/C=C/c1cc(Br)ccc1OCc1ccccc1)C(=O)O. The number of halogens is 1. The molecule has 5 nitrogen and oxygen atoms in total. The number of aliphatic carboxylic acids is 1. The second-order valence-corrected chi connectivity index (χ2v) is 6.27. The first-order valence-electron chi connectivity index (χ1n) is 7.63. The first kappa shape index (κ1) is 18.7. The van der Waals surface area contributed by atoms with E-state index < -0.39 is 17.9 Å². The molecule has 0 aliphatic rings. The van der Waals surface area contributed by atoms with E-state index in [1.807, 2.05) is 48.5 Å². The fourth-order valence-corrected chi connectivity index (χ4v) is 2.38. The number of hydrogen-bond acceptors (Lipinski definition) is 3. The zero-order chi connectivity index (χ0) is 18.2. The number of nitrogens with one attached hydrogen (secondary N) is 1. The van der Waals surface area contributed by atoms with Crippen LogP contribution in [-0.2, 0) is 16.2 Å². The van der Waals surface area contributed by atoms with Gasteiger partial charge in [0.2, 0.25) is 5.91 Å². The number of rotatable bonds is 7. The lowest BCUT2D eigenvalue weighted by molar-refractivity contribution is -0.140. The van der Waals surface area contributed by atoms with E-state index in [-0.39, 0.29) is 0 Å². The maximum atomic E-state index is 11.8. The number of carboxylic acids is 1. The van der Waals surface area contributed by atoms with Crippen molar-refractivity contribution in [1.29, 1.82) is 0 Å². The van der Waals surface area contributed by atoms with Gasteiger partial charge in [-0.2, -0.15) is 0 Å². The second kappa shape index (κ2) is 9.03. The zero-order valence-electron chi connectivity index (χ0n) is 13.6. The van der Waals surface area contributed by atoms with Crippen LogP contribution in [0.4, 0.5) is 0 Å². The van der Waals surface area contributed by atoms with E-state index in [9.17, 15) is 9.59 Å². The van der Waals surface area contributed by atoms with E-state index in [1.54, 1.807) is 6.08 Å². The van der Waals surface area contributed by atoms with Crippen LogP contribution in [0.3, 0.4) is 0 Å². The molecule has 2 N–H and O–H groups in total.